The molecular formula is C48H60Cl2Zr-2. The van der Waals surface area contributed by atoms with Gasteiger partial charge in [-0.2, -0.15) is 35.4 Å². The van der Waals surface area contributed by atoms with Crippen molar-refractivity contribution < 1.29 is 49.0 Å². The maximum atomic E-state index is 3.67. The van der Waals surface area contributed by atoms with Gasteiger partial charge in [0.25, 0.3) is 0 Å². The smallest absolute Gasteiger partial charge is 1.00 e. The van der Waals surface area contributed by atoms with E-state index in [0.29, 0.717) is 11.3 Å². The average Bonchev–Trinajstić information content (AvgIpc) is 3.53. The number of halogens is 2. The van der Waals surface area contributed by atoms with Crippen LogP contribution in [0.1, 0.15) is 141 Å². The van der Waals surface area contributed by atoms with Gasteiger partial charge >= 0.3 is 76.7 Å². The van der Waals surface area contributed by atoms with Crippen LogP contribution >= 0.6 is 0 Å². The molecule has 51 heavy (non-hydrogen) atoms. The molecule has 6 aliphatic rings. The number of hydrogen-bond acceptors (Lipinski definition) is 0. The quantitative estimate of drug-likeness (QED) is 0.204. The van der Waals surface area contributed by atoms with E-state index in [0.717, 1.165) is 24.2 Å². The molecule has 0 spiro atoms. The Kier molecular flexibility index (Phi) is 13.6. The second-order valence-electron chi connectivity index (χ2n) is 18.6. The molecule has 9 rings (SSSR count). The molecule has 0 saturated heterocycles. The van der Waals surface area contributed by atoms with Crippen LogP contribution in [0.3, 0.4) is 0 Å². The molecule has 0 aliphatic heterocycles. The zero-order valence-electron chi connectivity index (χ0n) is 33.0. The maximum absolute atomic E-state index is 3.67. The molecule has 0 amide bonds. The van der Waals surface area contributed by atoms with Crippen LogP contribution in [0.15, 0.2) is 71.8 Å². The third-order valence-electron chi connectivity index (χ3n) is 12.1. The molecule has 4 fully saturated rings. The fourth-order valence-electron chi connectivity index (χ4n) is 9.84. The van der Waals surface area contributed by atoms with Gasteiger partial charge in [-0.25, -0.2) is 5.57 Å². The summed E-state index contributed by atoms with van der Waals surface area (Å²) in [6, 6.07) is 23.8. The van der Waals surface area contributed by atoms with E-state index in [1.165, 1.54) is 83.9 Å². The molecule has 0 radical (unpaired) electrons. The molecular weight excluding hydrogens is 739 g/mol. The minimum absolute atomic E-state index is 0. The first-order valence-electron chi connectivity index (χ1n) is 19.1. The van der Waals surface area contributed by atoms with Gasteiger partial charge in [0.2, 0.25) is 0 Å². The van der Waals surface area contributed by atoms with Crippen molar-refractivity contribution in [3.63, 3.8) is 0 Å². The third-order valence-corrected chi connectivity index (χ3v) is 12.8. The molecule has 272 valence electrons. The van der Waals surface area contributed by atoms with Crippen LogP contribution in [-0.4, -0.2) is 3.21 Å². The normalized spacial score (nSPS) is 25.1. The van der Waals surface area contributed by atoms with Crippen molar-refractivity contribution in [3.05, 3.63) is 117 Å². The largest absolute Gasteiger partial charge is 1.00 e. The molecule has 1 unspecified atom stereocenters. The number of aryl methyl sites for hydroxylation is 1. The summed E-state index contributed by atoms with van der Waals surface area (Å²) in [6.07, 6.45) is 17.8. The fraction of sp³-hybridized carbons (Fsp3) is 0.521. The van der Waals surface area contributed by atoms with Crippen LogP contribution in [0.2, 0.25) is 0 Å². The van der Waals surface area contributed by atoms with Crippen molar-refractivity contribution >= 4 is 3.21 Å². The first kappa shape index (κ1) is 42.2. The molecule has 0 nitrogen and oxygen atoms in total. The van der Waals surface area contributed by atoms with Crippen LogP contribution in [0.5, 0.6) is 0 Å². The van der Waals surface area contributed by atoms with E-state index in [9.17, 15) is 0 Å². The topological polar surface area (TPSA) is 0 Å². The molecule has 4 saturated carbocycles. The fourth-order valence-corrected chi connectivity index (χ4v) is 10.2. The maximum Gasteiger partial charge on any atom is -1.00 e. The van der Waals surface area contributed by atoms with Crippen molar-refractivity contribution in [2.45, 2.75) is 131 Å². The van der Waals surface area contributed by atoms with Crippen molar-refractivity contribution in [1.82, 2.24) is 0 Å². The zero-order chi connectivity index (χ0) is 35.3. The van der Waals surface area contributed by atoms with E-state index in [1.54, 1.807) is 44.1 Å². The van der Waals surface area contributed by atoms with E-state index >= 15 is 0 Å². The first-order valence-corrected chi connectivity index (χ1v) is 20.3. The van der Waals surface area contributed by atoms with Gasteiger partial charge in [0, 0.05) is 0 Å². The van der Waals surface area contributed by atoms with Gasteiger partial charge < -0.3 is 24.8 Å². The van der Waals surface area contributed by atoms with E-state index in [2.05, 4.69) is 142 Å². The Morgan fingerprint density at radius 2 is 1.35 bits per heavy atom. The number of hydrogen-bond donors (Lipinski definition) is 0. The molecule has 3 aromatic carbocycles. The Labute approximate surface area is 338 Å². The van der Waals surface area contributed by atoms with Crippen molar-refractivity contribution in [2.75, 3.05) is 0 Å². The summed E-state index contributed by atoms with van der Waals surface area (Å²) in [6.45, 7) is 22.4. The number of benzene rings is 3. The molecule has 3 heteroatoms. The third kappa shape index (κ3) is 9.97. The zero-order valence-corrected chi connectivity index (χ0v) is 37.0. The summed E-state index contributed by atoms with van der Waals surface area (Å²) in [5, 5.41) is 0. The summed E-state index contributed by atoms with van der Waals surface area (Å²) in [5.74, 6) is 3.82. The summed E-state index contributed by atoms with van der Waals surface area (Å²) in [7, 11) is 0. The standard InChI is InChI=1S/C21H25.C18H25.C9H10.2ClH.Zr/c1-20(2,3)16-7-9-18-14(12-16)11-15-13-17(21(4,5)6)8-10-19(15)18;1-12-3-13(2)17(4-12)11-18-8-14-5-15(9-18)7-16(6-14)10-18;1-3-9-6-4-8(2)5-7-9;;;/h7-10,12H,11H2,1-6H3;4,12,14-16H,5-11H2,1-2H3;4-7H,1-2H3;2*1H;/q2*-1;;;;+2/p-2. The SMILES string of the molecule is CC(C)(C)c1[c-]c2c(cc1)-c1ccc(C(C)(C)C)cc1C2.CC1=[C-]C(C)C=C1CC12CC3CC(CC(C3)C1)C2.C[C](=[Zr+2])c1ccc(C)cc1.[Cl-].[Cl-]. The van der Waals surface area contributed by atoms with Crippen LogP contribution in [0.25, 0.3) is 11.1 Å². The minimum Gasteiger partial charge on any atom is -1.00 e. The van der Waals surface area contributed by atoms with Gasteiger partial charge in [-0.15, -0.1) is 11.1 Å². The van der Waals surface area contributed by atoms with Gasteiger partial charge in [-0.3, -0.25) is 6.08 Å². The van der Waals surface area contributed by atoms with Crippen molar-refractivity contribution in [3.8, 4) is 11.1 Å². The van der Waals surface area contributed by atoms with Crippen LogP contribution in [0.4, 0.5) is 0 Å². The summed E-state index contributed by atoms with van der Waals surface area (Å²) >= 11 is 1.51. The van der Waals surface area contributed by atoms with Gasteiger partial charge in [0.1, 0.15) is 0 Å². The van der Waals surface area contributed by atoms with E-state index in [-0.39, 0.29) is 35.6 Å². The second kappa shape index (κ2) is 16.5. The molecule has 6 aliphatic carbocycles. The molecule has 0 heterocycles. The molecule has 1 atom stereocenters. The molecule has 0 aromatic heterocycles. The van der Waals surface area contributed by atoms with Crippen molar-refractivity contribution in [2.24, 2.45) is 29.1 Å². The Morgan fingerprint density at radius 1 is 0.784 bits per heavy atom. The van der Waals surface area contributed by atoms with Gasteiger partial charge in [0.05, 0.1) is 0 Å². The van der Waals surface area contributed by atoms with E-state index < -0.39 is 0 Å². The predicted molar refractivity (Wildman–Crippen MR) is 207 cm³/mol. The summed E-state index contributed by atoms with van der Waals surface area (Å²) in [5.41, 5.74) is 15.2. The van der Waals surface area contributed by atoms with Gasteiger partial charge in [-0.05, 0) is 90.1 Å². The van der Waals surface area contributed by atoms with Crippen molar-refractivity contribution in [1.29, 1.82) is 0 Å². The van der Waals surface area contributed by atoms with E-state index in [4.69, 9.17) is 0 Å². The van der Waals surface area contributed by atoms with Crippen LogP contribution in [-0.2, 0) is 41.5 Å². The second-order valence-corrected chi connectivity index (χ2v) is 20.5. The first-order chi connectivity index (χ1) is 23.0. The van der Waals surface area contributed by atoms with Gasteiger partial charge in [0.15, 0.2) is 0 Å². The molecule has 0 N–H and O–H groups in total. The Hall–Kier alpha value is -1.53. The number of rotatable bonds is 3. The van der Waals surface area contributed by atoms with Crippen LogP contribution < -0.4 is 24.8 Å². The Bertz CT molecular complexity index is 1660. The minimum atomic E-state index is 0. The predicted octanol–water partition coefficient (Wildman–Crippen LogP) is 6.66. The Morgan fingerprint density at radius 3 is 1.84 bits per heavy atom. The number of fused-ring (bicyclic) bond motifs is 3. The van der Waals surface area contributed by atoms with E-state index in [1.807, 2.05) is 0 Å². The van der Waals surface area contributed by atoms with Gasteiger partial charge in [-0.1, -0.05) is 91.5 Å². The Balaban J connectivity index is 0.000000178. The molecule has 4 bridgehead atoms. The summed E-state index contributed by atoms with van der Waals surface area (Å²) in [4.78, 5) is 0. The molecule has 3 aromatic rings. The average molecular weight is 799 g/mol. The summed E-state index contributed by atoms with van der Waals surface area (Å²) < 4.78 is 1.46. The number of allylic oxidation sites excluding steroid dienone is 4. The van der Waals surface area contributed by atoms with Crippen LogP contribution in [0, 0.1) is 48.2 Å². The monoisotopic (exact) mass is 796 g/mol.